The Kier molecular flexibility index (Phi) is 8.76. The van der Waals surface area contributed by atoms with E-state index in [4.69, 9.17) is 0 Å². The van der Waals surface area contributed by atoms with Crippen LogP contribution in [-0.2, 0) is 37.5 Å². The van der Waals surface area contributed by atoms with Crippen molar-refractivity contribution in [2.24, 2.45) is 0 Å². The van der Waals surface area contributed by atoms with Crippen LogP contribution in [0.1, 0.15) is 30.9 Å². The molecule has 1 atom stereocenters. The molecule has 0 aliphatic heterocycles. The summed E-state index contributed by atoms with van der Waals surface area (Å²) in [6.45, 7) is 12.3. The second-order valence-corrected chi connectivity index (χ2v) is 11.2. The molecule has 1 radical (unpaired) electrons. The molecule has 0 heterocycles. The van der Waals surface area contributed by atoms with Gasteiger partial charge in [-0.1, -0.05) is 13.3 Å². The Morgan fingerprint density at radius 1 is 1.24 bits per heavy atom. The van der Waals surface area contributed by atoms with Gasteiger partial charge in [-0.3, -0.25) is 4.79 Å². The third-order valence-electron chi connectivity index (χ3n) is 3.55. The van der Waals surface area contributed by atoms with Crippen LogP contribution < -0.4 is 5.32 Å². The number of rotatable bonds is 5. The molecule has 1 amide bonds. The van der Waals surface area contributed by atoms with Crippen molar-refractivity contribution in [2.45, 2.75) is 39.3 Å². The van der Waals surface area contributed by atoms with Crippen molar-refractivity contribution in [2.75, 3.05) is 25.3 Å². The minimum Gasteiger partial charge on any atom is -0.322 e. The zero-order valence-electron chi connectivity index (χ0n) is 14.0. The summed E-state index contributed by atoms with van der Waals surface area (Å²) in [5, 5.41) is 3.02. The van der Waals surface area contributed by atoms with Crippen LogP contribution in [0.15, 0.2) is 12.1 Å². The number of aryl methyl sites for hydroxylation is 2. The van der Waals surface area contributed by atoms with Crippen molar-refractivity contribution in [1.82, 2.24) is 0 Å². The summed E-state index contributed by atoms with van der Waals surface area (Å²) in [5.41, 5.74) is 2.37. The van der Waals surface area contributed by atoms with Crippen molar-refractivity contribution in [3.63, 3.8) is 0 Å². The van der Waals surface area contributed by atoms with Crippen molar-refractivity contribution in [1.29, 1.82) is 0 Å². The van der Waals surface area contributed by atoms with Gasteiger partial charge in [0.2, 0.25) is 0 Å². The van der Waals surface area contributed by atoms with E-state index in [0.29, 0.717) is 0 Å². The number of nitrogens with one attached hydrogen (secondary N) is 1. The molecule has 0 saturated heterocycles. The van der Waals surface area contributed by atoms with Gasteiger partial charge in [0.05, 0.1) is 0 Å². The number of halogens is 1. The number of benzene rings is 1. The maximum atomic E-state index is 13.3. The third kappa shape index (κ3) is 6.04. The smallest absolute Gasteiger partial charge is 0.265 e. The molecular weight excluding hydrogens is 361 g/mol. The minimum atomic E-state index is -1.26. The number of hydrogen-bond donors (Lipinski definition) is 1. The Morgan fingerprint density at radius 3 is 2.10 bits per heavy atom. The number of amides is 1. The van der Waals surface area contributed by atoms with Crippen molar-refractivity contribution in [3.05, 3.63) is 29.1 Å². The molecule has 0 saturated carbocycles. The molecule has 1 N–H and O–H groups in total. The number of anilines is 1. The van der Waals surface area contributed by atoms with Crippen LogP contribution in [0.2, 0.25) is 0 Å². The number of carbonyl (C=O) groups excluding carboxylic acids is 1. The first-order chi connectivity index (χ1) is 9.16. The maximum Gasteiger partial charge on any atom is 0.265 e. The Morgan fingerprint density at radius 2 is 1.71 bits per heavy atom. The summed E-state index contributed by atoms with van der Waals surface area (Å²) in [6.07, 6.45) is 1.90. The molecule has 0 aliphatic rings. The number of hydrogen-bond acceptors (Lipinski definition) is 1. The molecule has 0 fully saturated rings. The van der Waals surface area contributed by atoms with Gasteiger partial charge >= 0.3 is 0 Å². The fourth-order valence-electron chi connectivity index (χ4n) is 2.46. The summed E-state index contributed by atoms with van der Waals surface area (Å²) in [6, 6.07) is 2.92. The average molecular weight is 387 g/mol. The van der Waals surface area contributed by atoms with Gasteiger partial charge in [-0.25, -0.2) is 4.39 Å². The molecule has 115 valence electrons. The first-order valence-corrected chi connectivity index (χ1v) is 10.3. The van der Waals surface area contributed by atoms with Gasteiger partial charge in [-0.15, -0.1) is 0 Å². The molecular formula is C16H26FNOPY+. The van der Waals surface area contributed by atoms with E-state index in [2.05, 4.69) is 32.2 Å². The van der Waals surface area contributed by atoms with Crippen molar-refractivity contribution >= 4 is 18.9 Å². The van der Waals surface area contributed by atoms with Gasteiger partial charge < -0.3 is 5.32 Å². The first-order valence-electron chi connectivity index (χ1n) is 7.05. The Hall–Kier alpha value is 0.154. The molecule has 5 heteroatoms. The van der Waals surface area contributed by atoms with Crippen LogP contribution in [0.25, 0.3) is 0 Å². The fourth-order valence-corrected chi connectivity index (χ4v) is 4.26. The van der Waals surface area contributed by atoms with Crippen LogP contribution in [0.3, 0.4) is 0 Å². The zero-order valence-corrected chi connectivity index (χ0v) is 17.7. The predicted octanol–water partition coefficient (Wildman–Crippen LogP) is 4.45. The number of carbonyl (C=O) groups is 1. The van der Waals surface area contributed by atoms with E-state index < -0.39 is 7.26 Å². The van der Waals surface area contributed by atoms with Gasteiger partial charge in [0.25, 0.3) is 5.91 Å². The topological polar surface area (TPSA) is 29.1 Å². The SMILES string of the molecule is CCCC(C(=O)Nc1c(C)cc(F)cc1C)[P+](C)(C)C.[Y]. The van der Waals surface area contributed by atoms with E-state index in [0.717, 1.165) is 29.7 Å². The summed E-state index contributed by atoms with van der Waals surface area (Å²) in [7, 11) is -1.26. The third-order valence-corrected chi connectivity index (χ3v) is 5.91. The van der Waals surface area contributed by atoms with Gasteiger partial charge in [0, 0.05) is 65.7 Å². The summed E-state index contributed by atoms with van der Waals surface area (Å²) in [4.78, 5) is 12.6. The quantitative estimate of drug-likeness (QED) is 0.743. The molecule has 2 nitrogen and oxygen atoms in total. The van der Waals surface area contributed by atoms with Crippen LogP contribution in [-0.4, -0.2) is 31.6 Å². The molecule has 1 unspecified atom stereocenters. The molecule has 0 aromatic heterocycles. The monoisotopic (exact) mass is 387 g/mol. The second-order valence-electron chi connectivity index (χ2n) is 6.32. The van der Waals surface area contributed by atoms with Gasteiger partial charge in [0.15, 0.2) is 0 Å². The minimum absolute atomic E-state index is 0. The standard InChI is InChI=1S/C16H25FNOP.Y/c1-7-8-14(20(4,5)6)16(19)18-15-11(2)9-13(17)10-12(15)3;/h9-10,14H,7-8H2,1-6H3;/p+1. The van der Waals surface area contributed by atoms with Crippen LogP contribution in [0.4, 0.5) is 10.1 Å². The molecule has 21 heavy (non-hydrogen) atoms. The Bertz CT molecular complexity index is 477. The van der Waals surface area contributed by atoms with E-state index in [1.54, 1.807) is 0 Å². The largest absolute Gasteiger partial charge is 0.322 e. The fraction of sp³-hybridized carbons (Fsp3) is 0.562. The second kappa shape index (κ2) is 8.70. The van der Waals surface area contributed by atoms with E-state index in [1.807, 2.05) is 13.8 Å². The maximum absolute atomic E-state index is 13.3. The van der Waals surface area contributed by atoms with E-state index in [9.17, 15) is 9.18 Å². The molecule has 0 spiro atoms. The van der Waals surface area contributed by atoms with Gasteiger partial charge in [0.1, 0.15) is 11.5 Å². The molecule has 1 aromatic rings. The van der Waals surface area contributed by atoms with Gasteiger partial charge in [-0.2, -0.15) is 0 Å². The normalized spacial score (nSPS) is 12.5. The van der Waals surface area contributed by atoms with Crippen LogP contribution in [0.5, 0.6) is 0 Å². The van der Waals surface area contributed by atoms with E-state index in [-0.39, 0.29) is 50.1 Å². The summed E-state index contributed by atoms with van der Waals surface area (Å²) >= 11 is 0. The van der Waals surface area contributed by atoms with Crippen LogP contribution in [0, 0.1) is 19.7 Å². The Balaban J connectivity index is 0.00000400. The van der Waals surface area contributed by atoms with E-state index >= 15 is 0 Å². The molecule has 1 aromatic carbocycles. The molecule has 1 rings (SSSR count). The van der Waals surface area contributed by atoms with Crippen LogP contribution >= 0.6 is 7.26 Å². The van der Waals surface area contributed by atoms with Crippen molar-refractivity contribution < 1.29 is 41.9 Å². The zero-order chi connectivity index (χ0) is 15.5. The summed E-state index contributed by atoms with van der Waals surface area (Å²) < 4.78 is 13.3. The molecule has 0 bridgehead atoms. The Labute approximate surface area is 153 Å². The van der Waals surface area contributed by atoms with Crippen molar-refractivity contribution in [3.8, 4) is 0 Å². The first kappa shape index (κ1) is 21.2. The average Bonchev–Trinajstić information content (AvgIpc) is 2.28. The summed E-state index contributed by atoms with van der Waals surface area (Å²) in [5.74, 6) is -0.183. The predicted molar refractivity (Wildman–Crippen MR) is 87.9 cm³/mol. The van der Waals surface area contributed by atoms with E-state index in [1.165, 1.54) is 12.1 Å². The van der Waals surface area contributed by atoms with Gasteiger partial charge in [-0.05, 0) is 43.5 Å². The molecule has 0 aliphatic carbocycles.